The van der Waals surface area contributed by atoms with Crippen LogP contribution in [0.4, 0.5) is 24.5 Å². The first-order valence-electron chi connectivity index (χ1n) is 11.4. The molecule has 0 aliphatic rings. The minimum atomic E-state index is -4.66. The second kappa shape index (κ2) is 12.0. The van der Waals surface area contributed by atoms with Crippen molar-refractivity contribution < 1.29 is 32.3 Å². The lowest BCUT2D eigenvalue weighted by Gasteiger charge is -2.16. The second-order valence-electron chi connectivity index (χ2n) is 8.48. The third kappa shape index (κ3) is 7.25. The summed E-state index contributed by atoms with van der Waals surface area (Å²) in [7, 11) is 1.41. The van der Waals surface area contributed by atoms with Crippen LogP contribution in [0, 0.1) is 12.8 Å². The molecule has 0 aromatic heterocycles. The molecule has 0 bridgehead atoms. The molecule has 1 atom stereocenters. The number of benzene rings is 3. The van der Waals surface area contributed by atoms with Gasteiger partial charge < -0.3 is 20.7 Å². The quantitative estimate of drug-likeness (QED) is 0.323. The van der Waals surface area contributed by atoms with E-state index in [4.69, 9.17) is 16.3 Å². The van der Waals surface area contributed by atoms with Gasteiger partial charge in [0, 0.05) is 17.9 Å². The van der Waals surface area contributed by atoms with Crippen molar-refractivity contribution in [3.05, 3.63) is 87.9 Å². The van der Waals surface area contributed by atoms with Crippen molar-refractivity contribution in [3.8, 4) is 5.75 Å². The molecule has 1 unspecified atom stereocenters. The Morgan fingerprint density at radius 3 is 2.13 bits per heavy atom. The number of nitrogens with one attached hydrogen (secondary N) is 3. The van der Waals surface area contributed by atoms with Crippen molar-refractivity contribution in [2.75, 3.05) is 17.7 Å². The summed E-state index contributed by atoms with van der Waals surface area (Å²) in [6, 6.07) is 16.0. The first kappa shape index (κ1) is 28.5. The molecule has 0 radical (unpaired) electrons. The number of amides is 3. The van der Waals surface area contributed by atoms with Gasteiger partial charge in [0.05, 0.1) is 23.3 Å². The molecule has 0 saturated carbocycles. The SMILES string of the molecule is COc1ccc(NC(=O)c2cc(CNC(=O)C(C)C(F)(F)F)ccc2Cl)cc1C(=O)Nc1ccc(C)cc1. The number of aryl methyl sites for hydroxylation is 1. The first-order valence-corrected chi connectivity index (χ1v) is 11.8. The molecule has 7 nitrogen and oxygen atoms in total. The summed E-state index contributed by atoms with van der Waals surface area (Å²) in [6.45, 7) is 2.45. The molecule has 0 aliphatic heterocycles. The third-order valence-corrected chi connectivity index (χ3v) is 5.97. The van der Waals surface area contributed by atoms with Gasteiger partial charge in [-0.2, -0.15) is 13.2 Å². The Hall–Kier alpha value is -4.05. The summed E-state index contributed by atoms with van der Waals surface area (Å²) in [5.41, 5.74) is 2.47. The Balaban J connectivity index is 1.75. The molecule has 0 fully saturated rings. The summed E-state index contributed by atoms with van der Waals surface area (Å²) >= 11 is 6.18. The van der Waals surface area contributed by atoms with Crippen LogP contribution in [0.25, 0.3) is 0 Å². The lowest BCUT2D eigenvalue weighted by molar-refractivity contribution is -0.178. The van der Waals surface area contributed by atoms with Crippen LogP contribution in [0.15, 0.2) is 60.7 Å². The maximum atomic E-state index is 13.0. The zero-order valence-electron chi connectivity index (χ0n) is 20.7. The summed E-state index contributed by atoms with van der Waals surface area (Å²) < 4.78 is 43.5. The number of halogens is 4. The predicted molar refractivity (Wildman–Crippen MR) is 139 cm³/mol. The zero-order chi connectivity index (χ0) is 28.0. The van der Waals surface area contributed by atoms with Gasteiger partial charge in [-0.3, -0.25) is 14.4 Å². The first-order chi connectivity index (χ1) is 17.9. The van der Waals surface area contributed by atoms with Crippen LogP contribution in [0.1, 0.15) is 38.8 Å². The molecule has 200 valence electrons. The molecule has 3 amide bonds. The number of ether oxygens (including phenoxy) is 1. The number of methoxy groups -OCH3 is 1. The van der Waals surface area contributed by atoms with E-state index in [1.165, 1.54) is 43.5 Å². The lowest BCUT2D eigenvalue weighted by Crippen LogP contribution is -2.37. The molecule has 3 aromatic rings. The Kier molecular flexibility index (Phi) is 9.00. The highest BCUT2D eigenvalue weighted by Gasteiger charge is 2.40. The Bertz CT molecular complexity index is 1340. The van der Waals surface area contributed by atoms with Gasteiger partial charge in [0.25, 0.3) is 11.8 Å². The Morgan fingerprint density at radius 2 is 1.50 bits per heavy atom. The van der Waals surface area contributed by atoms with Gasteiger partial charge in [-0.1, -0.05) is 35.4 Å². The Labute approximate surface area is 222 Å². The fourth-order valence-electron chi connectivity index (χ4n) is 3.34. The maximum absolute atomic E-state index is 13.0. The molecule has 0 heterocycles. The summed E-state index contributed by atoms with van der Waals surface area (Å²) in [5.74, 6) is -4.15. The zero-order valence-corrected chi connectivity index (χ0v) is 21.5. The number of rotatable bonds is 8. The van der Waals surface area contributed by atoms with Gasteiger partial charge in [-0.15, -0.1) is 0 Å². The van der Waals surface area contributed by atoms with Gasteiger partial charge in [0.15, 0.2) is 0 Å². The van der Waals surface area contributed by atoms with E-state index in [2.05, 4.69) is 16.0 Å². The summed E-state index contributed by atoms with van der Waals surface area (Å²) in [6.07, 6.45) is -4.66. The largest absolute Gasteiger partial charge is 0.496 e. The third-order valence-electron chi connectivity index (χ3n) is 5.64. The van der Waals surface area contributed by atoms with Crippen LogP contribution in [-0.4, -0.2) is 31.0 Å². The highest BCUT2D eigenvalue weighted by Crippen LogP contribution is 2.27. The van der Waals surface area contributed by atoms with Gasteiger partial charge >= 0.3 is 6.18 Å². The van der Waals surface area contributed by atoms with Gasteiger partial charge in [0.2, 0.25) is 5.91 Å². The lowest BCUT2D eigenvalue weighted by atomic mass is 10.1. The molecule has 11 heteroatoms. The van der Waals surface area contributed by atoms with Crippen molar-refractivity contribution in [2.24, 2.45) is 5.92 Å². The average Bonchev–Trinajstić information content (AvgIpc) is 2.88. The van der Waals surface area contributed by atoms with E-state index in [1.807, 2.05) is 19.1 Å². The van der Waals surface area contributed by atoms with Crippen LogP contribution >= 0.6 is 11.6 Å². The highest BCUT2D eigenvalue weighted by atomic mass is 35.5. The maximum Gasteiger partial charge on any atom is 0.400 e. The molecular formula is C27H25ClF3N3O4. The highest BCUT2D eigenvalue weighted by molar-refractivity contribution is 6.34. The monoisotopic (exact) mass is 547 g/mol. The van der Waals surface area contributed by atoms with E-state index in [0.29, 0.717) is 11.3 Å². The van der Waals surface area contributed by atoms with Crippen LogP contribution in [0.3, 0.4) is 0 Å². The molecule has 0 spiro atoms. The average molecular weight is 548 g/mol. The normalized spacial score (nSPS) is 11.9. The fourth-order valence-corrected chi connectivity index (χ4v) is 3.55. The minimum Gasteiger partial charge on any atom is -0.496 e. The number of alkyl halides is 3. The van der Waals surface area contributed by atoms with Crippen LogP contribution in [0.2, 0.25) is 5.02 Å². The molecule has 0 aliphatic carbocycles. The molecule has 38 heavy (non-hydrogen) atoms. The molecule has 0 saturated heterocycles. The van der Waals surface area contributed by atoms with Crippen LogP contribution < -0.4 is 20.7 Å². The molecule has 3 rings (SSSR count). The van der Waals surface area contributed by atoms with E-state index >= 15 is 0 Å². The molecular weight excluding hydrogens is 523 g/mol. The van der Waals surface area contributed by atoms with Gasteiger partial charge in [-0.25, -0.2) is 0 Å². The van der Waals surface area contributed by atoms with Crippen LogP contribution in [0.5, 0.6) is 5.75 Å². The predicted octanol–water partition coefficient (Wildman–Crippen LogP) is 5.98. The number of carbonyl (C=O) groups is 3. The molecule has 3 aromatic carbocycles. The van der Waals surface area contributed by atoms with E-state index in [-0.39, 0.29) is 34.1 Å². The minimum absolute atomic E-state index is 0.0313. The van der Waals surface area contributed by atoms with E-state index in [0.717, 1.165) is 12.5 Å². The number of carbonyl (C=O) groups excluding carboxylic acids is 3. The fraction of sp³-hybridized carbons (Fsp3) is 0.222. The summed E-state index contributed by atoms with van der Waals surface area (Å²) in [4.78, 5) is 37.6. The molecule has 3 N–H and O–H groups in total. The number of anilines is 2. The standard InChI is InChI=1S/C27H25ClF3N3O4/c1-15-4-7-18(8-5-15)33-26(37)21-13-19(9-11-23(21)38-3)34-25(36)20-12-17(6-10-22(20)28)14-32-24(35)16(2)27(29,30)31/h4-13,16H,14H2,1-3H3,(H,32,35)(H,33,37)(H,34,36). The van der Waals surface area contributed by atoms with Crippen LogP contribution in [-0.2, 0) is 11.3 Å². The topological polar surface area (TPSA) is 96.5 Å². The Morgan fingerprint density at radius 1 is 0.895 bits per heavy atom. The van der Waals surface area contributed by atoms with Crippen molar-refractivity contribution in [1.82, 2.24) is 5.32 Å². The van der Waals surface area contributed by atoms with Crippen molar-refractivity contribution in [1.29, 1.82) is 0 Å². The smallest absolute Gasteiger partial charge is 0.400 e. The van der Waals surface area contributed by atoms with Crippen molar-refractivity contribution in [3.63, 3.8) is 0 Å². The van der Waals surface area contributed by atoms with E-state index in [9.17, 15) is 27.6 Å². The van der Waals surface area contributed by atoms with Crippen molar-refractivity contribution >= 4 is 40.7 Å². The number of hydrogen-bond acceptors (Lipinski definition) is 4. The van der Waals surface area contributed by atoms with E-state index in [1.54, 1.807) is 12.1 Å². The van der Waals surface area contributed by atoms with Gasteiger partial charge in [0.1, 0.15) is 11.7 Å². The number of hydrogen-bond donors (Lipinski definition) is 3. The van der Waals surface area contributed by atoms with Crippen molar-refractivity contribution in [2.45, 2.75) is 26.6 Å². The van der Waals surface area contributed by atoms with E-state index < -0.39 is 29.8 Å². The second-order valence-corrected chi connectivity index (χ2v) is 8.89. The van der Waals surface area contributed by atoms with Gasteiger partial charge in [-0.05, 0) is 61.9 Å². The summed E-state index contributed by atoms with van der Waals surface area (Å²) in [5, 5.41) is 7.72.